The van der Waals surface area contributed by atoms with Crippen LogP contribution in [-0.2, 0) is 13.1 Å². The largest absolute Gasteiger partial charge is 0.347 e. The zero-order chi connectivity index (χ0) is 18.5. The van der Waals surface area contributed by atoms with Crippen LogP contribution < -0.4 is 5.32 Å². The molecule has 4 rings (SSSR count). The number of hydrogen-bond donors (Lipinski definition) is 1. The fraction of sp³-hybridized carbons (Fsp3) is 0.0909. The fourth-order valence-corrected chi connectivity index (χ4v) is 3.01. The lowest BCUT2D eigenvalue weighted by molar-refractivity contribution is 0.0942. The highest BCUT2D eigenvalue weighted by Crippen LogP contribution is 2.11. The lowest BCUT2D eigenvalue weighted by Crippen LogP contribution is -2.25. The second-order valence-corrected chi connectivity index (χ2v) is 6.33. The highest BCUT2D eigenvalue weighted by atomic mass is 16.1. The maximum atomic E-state index is 12.6. The van der Waals surface area contributed by atoms with E-state index in [1.165, 1.54) is 0 Å². The van der Waals surface area contributed by atoms with E-state index in [9.17, 15) is 4.79 Å². The number of imidazole rings is 1. The second-order valence-electron chi connectivity index (χ2n) is 6.33. The number of rotatable bonds is 6. The lowest BCUT2D eigenvalue weighted by atomic mass is 10.2. The average molecular weight is 356 g/mol. The Morgan fingerprint density at radius 1 is 0.889 bits per heavy atom. The number of amides is 1. The Morgan fingerprint density at radius 3 is 2.44 bits per heavy atom. The van der Waals surface area contributed by atoms with Crippen LogP contribution in [0.3, 0.4) is 0 Å². The molecule has 27 heavy (non-hydrogen) atoms. The van der Waals surface area contributed by atoms with E-state index in [1.807, 2.05) is 76.1 Å². The van der Waals surface area contributed by atoms with E-state index >= 15 is 0 Å². The normalized spacial score (nSPS) is 10.7. The minimum atomic E-state index is -0.0744. The number of nitrogens with zero attached hydrogens (tertiary/aromatic N) is 3. The number of benzene rings is 2. The average Bonchev–Trinajstić information content (AvgIpc) is 3.40. The number of hydrogen-bond acceptors (Lipinski definition) is 2. The van der Waals surface area contributed by atoms with Gasteiger partial charge in [-0.25, -0.2) is 4.98 Å². The molecular formula is C22H20N4O. The van der Waals surface area contributed by atoms with Crippen molar-refractivity contribution in [1.29, 1.82) is 0 Å². The molecule has 2 aromatic carbocycles. The van der Waals surface area contributed by atoms with Crippen molar-refractivity contribution in [1.82, 2.24) is 19.4 Å². The van der Waals surface area contributed by atoms with E-state index in [0.29, 0.717) is 18.8 Å². The van der Waals surface area contributed by atoms with Crippen LogP contribution in [0.25, 0.3) is 5.69 Å². The highest BCUT2D eigenvalue weighted by Gasteiger charge is 2.11. The molecule has 134 valence electrons. The summed E-state index contributed by atoms with van der Waals surface area (Å²) in [5, 5.41) is 3.00. The van der Waals surface area contributed by atoms with E-state index in [1.54, 1.807) is 12.5 Å². The third-order valence-electron chi connectivity index (χ3n) is 4.45. The quantitative estimate of drug-likeness (QED) is 0.573. The summed E-state index contributed by atoms with van der Waals surface area (Å²) >= 11 is 0. The SMILES string of the molecule is O=C(NCc1ccc(-n2ccnc2)cc1)c1cccn1Cc1ccccc1. The van der Waals surface area contributed by atoms with Crippen LogP contribution in [0.2, 0.25) is 0 Å². The van der Waals surface area contributed by atoms with Gasteiger partial charge in [-0.3, -0.25) is 4.79 Å². The van der Waals surface area contributed by atoms with Gasteiger partial charge in [0, 0.05) is 37.4 Å². The van der Waals surface area contributed by atoms with Gasteiger partial charge in [0.15, 0.2) is 0 Å². The molecule has 4 aromatic rings. The van der Waals surface area contributed by atoms with Crippen LogP contribution in [0, 0.1) is 0 Å². The standard InChI is InChI=1S/C22H20N4O/c27-22(21-7-4-13-25(21)16-19-5-2-1-3-6-19)24-15-18-8-10-20(11-9-18)26-14-12-23-17-26/h1-14,17H,15-16H2,(H,24,27). The minimum absolute atomic E-state index is 0.0744. The van der Waals surface area contributed by atoms with Gasteiger partial charge in [-0.05, 0) is 35.4 Å². The van der Waals surface area contributed by atoms with Gasteiger partial charge in [0.25, 0.3) is 5.91 Å². The van der Waals surface area contributed by atoms with E-state index in [0.717, 1.165) is 16.8 Å². The summed E-state index contributed by atoms with van der Waals surface area (Å²) in [5.41, 5.74) is 3.92. The Labute approximate surface area is 157 Å². The second kappa shape index (κ2) is 7.74. The molecule has 1 amide bonds. The van der Waals surface area contributed by atoms with E-state index in [-0.39, 0.29) is 5.91 Å². The number of nitrogens with one attached hydrogen (secondary N) is 1. The van der Waals surface area contributed by atoms with Gasteiger partial charge in [-0.2, -0.15) is 0 Å². The first-order valence-corrected chi connectivity index (χ1v) is 8.84. The maximum Gasteiger partial charge on any atom is 0.268 e. The molecule has 0 unspecified atom stereocenters. The number of aromatic nitrogens is 3. The summed E-state index contributed by atoms with van der Waals surface area (Å²) in [7, 11) is 0. The molecule has 0 fully saturated rings. The lowest BCUT2D eigenvalue weighted by Gasteiger charge is -2.10. The summed E-state index contributed by atoms with van der Waals surface area (Å²) in [4.78, 5) is 16.7. The molecular weight excluding hydrogens is 336 g/mol. The molecule has 0 bridgehead atoms. The zero-order valence-corrected chi connectivity index (χ0v) is 14.8. The van der Waals surface area contributed by atoms with E-state index in [2.05, 4.69) is 22.4 Å². The van der Waals surface area contributed by atoms with Crippen molar-refractivity contribution in [2.75, 3.05) is 0 Å². The predicted octanol–water partition coefficient (Wildman–Crippen LogP) is 3.65. The smallest absolute Gasteiger partial charge is 0.268 e. The summed E-state index contributed by atoms with van der Waals surface area (Å²) in [6.07, 6.45) is 7.34. The summed E-state index contributed by atoms with van der Waals surface area (Å²) in [6, 6.07) is 21.9. The molecule has 0 atom stereocenters. The molecule has 0 aliphatic carbocycles. The monoisotopic (exact) mass is 356 g/mol. The summed E-state index contributed by atoms with van der Waals surface area (Å²) < 4.78 is 3.91. The molecule has 5 heteroatoms. The van der Waals surface area contributed by atoms with Gasteiger partial charge in [0.1, 0.15) is 5.69 Å². The van der Waals surface area contributed by atoms with E-state index in [4.69, 9.17) is 0 Å². The van der Waals surface area contributed by atoms with Gasteiger partial charge in [0.2, 0.25) is 0 Å². The highest BCUT2D eigenvalue weighted by molar-refractivity contribution is 5.92. The van der Waals surface area contributed by atoms with Crippen molar-refractivity contribution in [2.24, 2.45) is 0 Å². The molecule has 0 spiro atoms. The fourth-order valence-electron chi connectivity index (χ4n) is 3.01. The van der Waals surface area contributed by atoms with Crippen molar-refractivity contribution in [2.45, 2.75) is 13.1 Å². The molecule has 0 radical (unpaired) electrons. The first kappa shape index (κ1) is 16.8. The Kier molecular flexibility index (Phi) is 4.83. The first-order valence-electron chi connectivity index (χ1n) is 8.84. The number of carbonyl (C=O) groups excluding carboxylic acids is 1. The van der Waals surface area contributed by atoms with Crippen molar-refractivity contribution in [3.63, 3.8) is 0 Å². The molecule has 0 saturated heterocycles. The Balaban J connectivity index is 1.39. The van der Waals surface area contributed by atoms with Crippen molar-refractivity contribution >= 4 is 5.91 Å². The first-order chi connectivity index (χ1) is 13.3. The Bertz CT molecular complexity index is 1000. The zero-order valence-electron chi connectivity index (χ0n) is 14.8. The van der Waals surface area contributed by atoms with Crippen LogP contribution in [0.15, 0.2) is 91.6 Å². The summed E-state index contributed by atoms with van der Waals surface area (Å²) in [6.45, 7) is 1.16. The van der Waals surface area contributed by atoms with Crippen LogP contribution in [0.5, 0.6) is 0 Å². The predicted molar refractivity (Wildman–Crippen MR) is 105 cm³/mol. The van der Waals surface area contributed by atoms with Crippen molar-refractivity contribution in [3.8, 4) is 5.69 Å². The molecule has 0 aliphatic heterocycles. The molecule has 2 aromatic heterocycles. The Hall–Kier alpha value is -3.60. The van der Waals surface area contributed by atoms with Gasteiger partial charge in [-0.15, -0.1) is 0 Å². The maximum absolute atomic E-state index is 12.6. The van der Waals surface area contributed by atoms with Crippen LogP contribution >= 0.6 is 0 Å². The van der Waals surface area contributed by atoms with Gasteiger partial charge in [0.05, 0.1) is 6.33 Å². The molecule has 0 saturated carbocycles. The topological polar surface area (TPSA) is 51.9 Å². The van der Waals surface area contributed by atoms with Gasteiger partial charge < -0.3 is 14.5 Å². The van der Waals surface area contributed by atoms with Crippen LogP contribution in [0.1, 0.15) is 21.6 Å². The third-order valence-corrected chi connectivity index (χ3v) is 4.45. The Morgan fingerprint density at radius 2 is 1.70 bits per heavy atom. The molecule has 5 nitrogen and oxygen atoms in total. The van der Waals surface area contributed by atoms with E-state index < -0.39 is 0 Å². The third kappa shape index (κ3) is 3.98. The summed E-state index contributed by atoms with van der Waals surface area (Å²) in [5.74, 6) is -0.0744. The minimum Gasteiger partial charge on any atom is -0.347 e. The van der Waals surface area contributed by atoms with Crippen LogP contribution in [0.4, 0.5) is 0 Å². The van der Waals surface area contributed by atoms with Crippen molar-refractivity contribution < 1.29 is 4.79 Å². The van der Waals surface area contributed by atoms with Crippen molar-refractivity contribution in [3.05, 3.63) is 108 Å². The van der Waals surface area contributed by atoms with Gasteiger partial charge >= 0.3 is 0 Å². The van der Waals surface area contributed by atoms with Crippen LogP contribution in [-0.4, -0.2) is 20.0 Å². The molecule has 2 heterocycles. The number of carbonyl (C=O) groups is 1. The molecule has 1 N–H and O–H groups in total. The molecule has 0 aliphatic rings. The van der Waals surface area contributed by atoms with Gasteiger partial charge in [-0.1, -0.05) is 42.5 Å².